The number of halogens is 2. The van der Waals surface area contributed by atoms with E-state index in [1.165, 1.54) is 10.7 Å². The molecule has 134 valence electrons. The molecule has 1 fully saturated rings. The average Bonchev–Trinajstić information content (AvgIpc) is 3.37. The number of H-pyrrole nitrogens is 1. The smallest absolute Gasteiger partial charge is 0.345 e. The Morgan fingerprint density at radius 2 is 2.15 bits per heavy atom. The molecule has 4 rings (SSSR count). The number of rotatable bonds is 4. The van der Waals surface area contributed by atoms with Crippen LogP contribution in [-0.2, 0) is 4.74 Å². The number of aromatic nitrogens is 3. The number of fused-ring (bicyclic) bond motifs is 1. The van der Waals surface area contributed by atoms with Gasteiger partial charge in [0.25, 0.3) is 5.56 Å². The second-order valence-electron chi connectivity index (χ2n) is 6.16. The van der Waals surface area contributed by atoms with Gasteiger partial charge in [0.15, 0.2) is 5.65 Å². The van der Waals surface area contributed by atoms with Crippen LogP contribution in [-0.4, -0.2) is 27.2 Å². The molecular formula is C18H15Cl2N3O3. The quantitative estimate of drug-likeness (QED) is 0.680. The molecule has 2 aromatic heterocycles. The van der Waals surface area contributed by atoms with Gasteiger partial charge in [0.05, 0.1) is 11.6 Å². The molecule has 0 bridgehead atoms. The maximum absolute atomic E-state index is 12.8. The average molecular weight is 392 g/mol. The first-order valence-electron chi connectivity index (χ1n) is 8.27. The van der Waals surface area contributed by atoms with Gasteiger partial charge in [0.2, 0.25) is 0 Å². The van der Waals surface area contributed by atoms with E-state index in [2.05, 4.69) is 10.1 Å². The first-order valence-corrected chi connectivity index (χ1v) is 9.03. The van der Waals surface area contributed by atoms with Crippen LogP contribution in [0, 0.1) is 0 Å². The van der Waals surface area contributed by atoms with Gasteiger partial charge in [-0.25, -0.2) is 14.3 Å². The Labute approximate surface area is 158 Å². The zero-order valence-electron chi connectivity index (χ0n) is 13.9. The predicted octanol–water partition coefficient (Wildman–Crippen LogP) is 4.05. The summed E-state index contributed by atoms with van der Waals surface area (Å²) in [6, 6.07) is 5.21. The van der Waals surface area contributed by atoms with Crippen molar-refractivity contribution in [2.75, 3.05) is 6.61 Å². The van der Waals surface area contributed by atoms with Gasteiger partial charge in [-0.3, -0.25) is 9.89 Å². The maximum atomic E-state index is 12.8. The van der Waals surface area contributed by atoms with Crippen LogP contribution in [0.2, 0.25) is 10.0 Å². The molecule has 0 radical (unpaired) electrons. The van der Waals surface area contributed by atoms with E-state index in [-0.39, 0.29) is 12.2 Å². The minimum atomic E-state index is -0.687. The van der Waals surface area contributed by atoms with Crippen LogP contribution in [0.1, 0.15) is 41.7 Å². The van der Waals surface area contributed by atoms with Gasteiger partial charge < -0.3 is 4.74 Å². The van der Waals surface area contributed by atoms with Gasteiger partial charge in [-0.15, -0.1) is 0 Å². The fraction of sp³-hybridized carbons (Fsp3) is 0.278. The molecule has 1 aliphatic carbocycles. The molecule has 0 atom stereocenters. The highest BCUT2D eigenvalue weighted by molar-refractivity contribution is 6.36. The maximum Gasteiger partial charge on any atom is 0.345 e. The summed E-state index contributed by atoms with van der Waals surface area (Å²) in [7, 11) is 0. The van der Waals surface area contributed by atoms with E-state index >= 15 is 0 Å². The molecule has 3 aromatic rings. The Bertz CT molecular complexity index is 1080. The van der Waals surface area contributed by atoms with Crippen molar-refractivity contribution in [2.45, 2.75) is 25.7 Å². The number of benzene rings is 1. The van der Waals surface area contributed by atoms with Crippen LogP contribution in [0.25, 0.3) is 16.8 Å². The molecule has 26 heavy (non-hydrogen) atoms. The van der Waals surface area contributed by atoms with E-state index in [1.807, 2.05) is 6.07 Å². The Hall–Kier alpha value is -2.31. The predicted molar refractivity (Wildman–Crippen MR) is 99.2 cm³/mol. The lowest BCUT2D eigenvalue weighted by Crippen LogP contribution is -2.24. The van der Waals surface area contributed by atoms with Crippen molar-refractivity contribution in [3.05, 3.63) is 56.1 Å². The van der Waals surface area contributed by atoms with Crippen LogP contribution < -0.4 is 5.56 Å². The topological polar surface area (TPSA) is 76.5 Å². The van der Waals surface area contributed by atoms with Crippen molar-refractivity contribution in [1.29, 1.82) is 0 Å². The van der Waals surface area contributed by atoms with E-state index in [9.17, 15) is 9.59 Å². The van der Waals surface area contributed by atoms with E-state index in [1.54, 1.807) is 19.1 Å². The molecule has 8 heteroatoms. The minimum absolute atomic E-state index is 0.110. The zero-order chi connectivity index (χ0) is 18.4. The summed E-state index contributed by atoms with van der Waals surface area (Å²) < 4.78 is 6.22. The lowest BCUT2D eigenvalue weighted by molar-refractivity contribution is 0.0523. The Kier molecular flexibility index (Phi) is 4.25. The monoisotopic (exact) mass is 391 g/mol. The van der Waals surface area contributed by atoms with Crippen molar-refractivity contribution >= 4 is 34.8 Å². The van der Waals surface area contributed by atoms with Gasteiger partial charge >= 0.3 is 5.97 Å². The standard InChI is InChI=1S/C18H15Cl2N3O3/c1-2-26-18(25)12-8-21-16-14(11-6-5-10(19)7-13(11)20)15(9-3-4-9)22-23(16)17(12)24/h5-9,22H,2-4H2,1H3. The molecule has 0 saturated heterocycles. The largest absolute Gasteiger partial charge is 0.462 e. The summed E-state index contributed by atoms with van der Waals surface area (Å²) >= 11 is 12.4. The minimum Gasteiger partial charge on any atom is -0.462 e. The molecule has 0 amide bonds. The van der Waals surface area contributed by atoms with Gasteiger partial charge in [-0.05, 0) is 31.9 Å². The number of nitrogens with one attached hydrogen (secondary N) is 1. The molecule has 1 aliphatic rings. The molecule has 1 N–H and O–H groups in total. The zero-order valence-corrected chi connectivity index (χ0v) is 15.4. The van der Waals surface area contributed by atoms with Crippen molar-refractivity contribution in [3.63, 3.8) is 0 Å². The lowest BCUT2D eigenvalue weighted by Gasteiger charge is -2.06. The first kappa shape index (κ1) is 17.1. The molecule has 2 heterocycles. The van der Waals surface area contributed by atoms with Gasteiger partial charge in [-0.2, -0.15) is 0 Å². The number of carbonyl (C=O) groups excluding carboxylic acids is 1. The summed E-state index contributed by atoms with van der Waals surface area (Å²) in [6.07, 6.45) is 3.29. The molecule has 0 spiro atoms. The number of hydrogen-bond donors (Lipinski definition) is 1. The number of ether oxygens (including phenoxy) is 1. The number of hydrogen-bond acceptors (Lipinski definition) is 4. The third-order valence-electron chi connectivity index (χ3n) is 4.37. The summed E-state index contributed by atoms with van der Waals surface area (Å²) in [5, 5.41) is 4.12. The van der Waals surface area contributed by atoms with Crippen LogP contribution >= 0.6 is 23.2 Å². The number of nitrogens with zero attached hydrogens (tertiary/aromatic N) is 2. The van der Waals surface area contributed by atoms with E-state index in [4.69, 9.17) is 27.9 Å². The van der Waals surface area contributed by atoms with Crippen molar-refractivity contribution in [2.24, 2.45) is 0 Å². The third kappa shape index (κ3) is 2.79. The van der Waals surface area contributed by atoms with Gasteiger partial charge in [-0.1, -0.05) is 29.3 Å². The summed E-state index contributed by atoms with van der Waals surface area (Å²) in [4.78, 5) is 29.1. The fourth-order valence-electron chi connectivity index (χ4n) is 3.01. The van der Waals surface area contributed by atoms with E-state index < -0.39 is 11.5 Å². The molecule has 1 aromatic carbocycles. The molecule has 0 aliphatic heterocycles. The van der Waals surface area contributed by atoms with Crippen LogP contribution in [0.4, 0.5) is 0 Å². The Balaban J connectivity index is 1.98. The highest BCUT2D eigenvalue weighted by atomic mass is 35.5. The van der Waals surface area contributed by atoms with Crippen LogP contribution in [0.3, 0.4) is 0 Å². The summed E-state index contributed by atoms with van der Waals surface area (Å²) in [5.74, 6) is -0.378. The second-order valence-corrected chi connectivity index (χ2v) is 7.00. The highest BCUT2D eigenvalue weighted by Gasteiger charge is 2.32. The normalized spacial score (nSPS) is 14.0. The number of carbonyl (C=O) groups is 1. The van der Waals surface area contributed by atoms with E-state index in [0.717, 1.165) is 29.7 Å². The van der Waals surface area contributed by atoms with Crippen LogP contribution in [0.5, 0.6) is 0 Å². The Morgan fingerprint density at radius 1 is 1.38 bits per heavy atom. The van der Waals surface area contributed by atoms with Crippen molar-refractivity contribution < 1.29 is 9.53 Å². The third-order valence-corrected chi connectivity index (χ3v) is 4.92. The first-order chi connectivity index (χ1) is 12.5. The van der Waals surface area contributed by atoms with Crippen molar-refractivity contribution in [3.8, 4) is 11.1 Å². The second kappa shape index (κ2) is 6.45. The Morgan fingerprint density at radius 3 is 2.81 bits per heavy atom. The molecule has 6 nitrogen and oxygen atoms in total. The lowest BCUT2D eigenvalue weighted by atomic mass is 10.0. The highest BCUT2D eigenvalue weighted by Crippen LogP contribution is 2.46. The fourth-order valence-corrected chi connectivity index (χ4v) is 3.51. The number of esters is 1. The van der Waals surface area contributed by atoms with Crippen LogP contribution in [0.15, 0.2) is 29.2 Å². The SMILES string of the molecule is CCOC(=O)c1cnc2c(-c3ccc(Cl)cc3Cl)c(C3CC3)[nH]n2c1=O. The summed E-state index contributed by atoms with van der Waals surface area (Å²) in [6.45, 7) is 1.87. The van der Waals surface area contributed by atoms with Crippen molar-refractivity contribution in [1.82, 2.24) is 14.6 Å². The van der Waals surface area contributed by atoms with E-state index in [0.29, 0.717) is 21.6 Å². The molecular weight excluding hydrogens is 377 g/mol. The molecule has 1 saturated carbocycles. The van der Waals surface area contributed by atoms with Gasteiger partial charge in [0, 0.05) is 34.0 Å². The molecule has 0 unspecified atom stereocenters. The van der Waals surface area contributed by atoms with Gasteiger partial charge in [0.1, 0.15) is 5.56 Å². The summed E-state index contributed by atoms with van der Waals surface area (Å²) in [5.41, 5.74) is 2.22. The number of aromatic amines is 1.